The van der Waals surface area contributed by atoms with Crippen molar-refractivity contribution >= 4 is 41.4 Å². The molecule has 158 valence electrons. The van der Waals surface area contributed by atoms with Crippen molar-refractivity contribution < 1.29 is 14.3 Å². The Morgan fingerprint density at radius 1 is 0.966 bits per heavy atom. The Hall–Kier alpha value is -1.40. The lowest BCUT2D eigenvalue weighted by molar-refractivity contribution is -0.148. The van der Waals surface area contributed by atoms with Gasteiger partial charge in [-0.25, -0.2) is 0 Å². The zero-order valence-electron chi connectivity index (χ0n) is 18.5. The average Bonchev–Trinajstić information content (AvgIpc) is 2.59. The maximum atomic E-state index is 12.1. The van der Waals surface area contributed by atoms with Crippen LogP contribution in [-0.2, 0) is 14.3 Å². The fourth-order valence-electron chi connectivity index (χ4n) is 2.87. The van der Waals surface area contributed by atoms with Gasteiger partial charge in [0.1, 0.15) is 6.54 Å². The molecule has 0 aromatic carbocycles. The van der Waals surface area contributed by atoms with Gasteiger partial charge in [-0.1, -0.05) is 69.9 Å². The third kappa shape index (κ3) is 15.2. The van der Waals surface area contributed by atoms with Crippen molar-refractivity contribution in [1.29, 1.82) is 5.41 Å². The predicted octanol–water partition coefficient (Wildman–Crippen LogP) is 2.72. The topological polar surface area (TPSA) is 82.5 Å². The lowest BCUT2D eigenvalue weighted by Crippen LogP contribution is -2.59. The maximum Gasteiger partial charge on any atom is 0.325 e. The molecule has 0 aliphatic rings. The van der Waals surface area contributed by atoms with Gasteiger partial charge in [-0.15, -0.1) is 0 Å². The molecule has 0 aliphatic heterocycles. The molecule has 0 aromatic heterocycles. The smallest absolute Gasteiger partial charge is 0.325 e. The SMILES string of the molecule is [B]C([B])([B])N(CC(=O)OC(C)C)C(=N)NC(=O)CCCCCCCCCCCC. The van der Waals surface area contributed by atoms with Crippen molar-refractivity contribution in [3.63, 3.8) is 0 Å². The molecule has 1 amide bonds. The molecule has 0 atom stereocenters. The molecule has 0 heterocycles. The largest absolute Gasteiger partial charge is 0.462 e. The van der Waals surface area contributed by atoms with E-state index >= 15 is 0 Å². The van der Waals surface area contributed by atoms with Gasteiger partial charge in [0.15, 0.2) is 5.96 Å². The molecule has 0 aliphatic carbocycles. The number of carbonyl (C=O) groups excluding carboxylic acids is 2. The molecule has 6 radical (unpaired) electrons. The van der Waals surface area contributed by atoms with Gasteiger partial charge in [0.05, 0.1) is 29.6 Å². The van der Waals surface area contributed by atoms with E-state index in [1.165, 1.54) is 44.9 Å². The van der Waals surface area contributed by atoms with Gasteiger partial charge in [0.25, 0.3) is 0 Å². The van der Waals surface area contributed by atoms with Crippen LogP contribution in [0, 0.1) is 5.41 Å². The Labute approximate surface area is 181 Å². The summed E-state index contributed by atoms with van der Waals surface area (Å²) in [5, 5.41) is 8.42. The second kappa shape index (κ2) is 15.4. The summed E-state index contributed by atoms with van der Waals surface area (Å²) in [6.45, 7) is 5.18. The van der Waals surface area contributed by atoms with Crippen LogP contribution < -0.4 is 5.32 Å². The van der Waals surface area contributed by atoms with Crippen LogP contribution in [0.3, 0.4) is 0 Å². The first-order chi connectivity index (χ1) is 13.6. The van der Waals surface area contributed by atoms with E-state index in [0.29, 0.717) is 0 Å². The van der Waals surface area contributed by atoms with Crippen molar-refractivity contribution in [2.24, 2.45) is 0 Å². The number of ether oxygens (including phenoxy) is 1. The van der Waals surface area contributed by atoms with Crippen LogP contribution in [0.4, 0.5) is 0 Å². The standard InChI is InChI=1S/C20H36B3N3O3/c1-4-5-6-7-8-9-10-11-12-13-14-17(27)25-19(24)26(20(21,22)23)15-18(28)29-16(2)3/h16H,4-15H2,1-3H3,(H2,24,25,27). The summed E-state index contributed by atoms with van der Waals surface area (Å²) in [7, 11) is 16.9. The predicted molar refractivity (Wildman–Crippen MR) is 120 cm³/mol. The van der Waals surface area contributed by atoms with Crippen molar-refractivity contribution in [3.05, 3.63) is 0 Å². The number of hydrogen-bond acceptors (Lipinski definition) is 4. The quantitative estimate of drug-likeness (QED) is 0.146. The molecule has 9 heteroatoms. The molecule has 6 nitrogen and oxygen atoms in total. The first kappa shape index (κ1) is 27.6. The molecule has 29 heavy (non-hydrogen) atoms. The zero-order valence-corrected chi connectivity index (χ0v) is 18.5. The van der Waals surface area contributed by atoms with Crippen LogP contribution in [0.5, 0.6) is 0 Å². The van der Waals surface area contributed by atoms with Gasteiger partial charge in [-0.2, -0.15) is 0 Å². The van der Waals surface area contributed by atoms with Gasteiger partial charge in [0.2, 0.25) is 5.91 Å². The van der Waals surface area contributed by atoms with E-state index in [0.717, 1.165) is 24.2 Å². The van der Waals surface area contributed by atoms with Crippen molar-refractivity contribution in [1.82, 2.24) is 10.2 Å². The molecule has 2 N–H and O–H groups in total. The molecule has 0 rings (SSSR count). The van der Waals surface area contributed by atoms with Crippen molar-refractivity contribution in [2.45, 2.75) is 103 Å². The van der Waals surface area contributed by atoms with Gasteiger partial charge in [0, 0.05) is 6.42 Å². The highest BCUT2D eigenvalue weighted by Gasteiger charge is 2.26. The van der Waals surface area contributed by atoms with Gasteiger partial charge in [-0.3, -0.25) is 20.3 Å². The Morgan fingerprint density at radius 2 is 1.45 bits per heavy atom. The molecular weight excluding hydrogens is 363 g/mol. The summed E-state index contributed by atoms with van der Waals surface area (Å²) >= 11 is 0. The Morgan fingerprint density at radius 3 is 1.90 bits per heavy atom. The minimum Gasteiger partial charge on any atom is -0.462 e. The van der Waals surface area contributed by atoms with Crippen LogP contribution in [0.2, 0.25) is 0 Å². The number of esters is 1. The number of unbranched alkanes of at least 4 members (excludes halogenated alkanes) is 9. The van der Waals surface area contributed by atoms with E-state index in [1.54, 1.807) is 13.8 Å². The first-order valence-corrected chi connectivity index (χ1v) is 10.8. The normalized spacial score (nSPS) is 11.3. The van der Waals surface area contributed by atoms with Gasteiger partial charge in [-0.05, 0) is 20.3 Å². The fraction of sp³-hybridized carbons (Fsp3) is 0.850. The zero-order chi connectivity index (χ0) is 22.3. The van der Waals surface area contributed by atoms with Gasteiger partial charge < -0.3 is 9.64 Å². The van der Waals surface area contributed by atoms with E-state index in [4.69, 9.17) is 33.7 Å². The number of rotatable bonds is 15. The third-order valence-corrected chi connectivity index (χ3v) is 4.41. The second-order valence-corrected chi connectivity index (χ2v) is 7.84. The summed E-state index contributed by atoms with van der Waals surface area (Å²) in [5.74, 6) is -1.39. The highest BCUT2D eigenvalue weighted by Crippen LogP contribution is 2.11. The lowest BCUT2D eigenvalue weighted by Gasteiger charge is -2.38. The summed E-state index contributed by atoms with van der Waals surface area (Å²) < 4.78 is 5.01. The summed E-state index contributed by atoms with van der Waals surface area (Å²) in [5.41, 5.74) is 0. The number of nitrogens with one attached hydrogen (secondary N) is 2. The Kier molecular flexibility index (Phi) is 14.7. The van der Waals surface area contributed by atoms with Crippen LogP contribution >= 0.6 is 0 Å². The number of carbonyl (C=O) groups is 2. The van der Waals surface area contributed by atoms with E-state index in [2.05, 4.69) is 12.2 Å². The minimum absolute atomic E-state index is 0.288. The minimum atomic E-state index is -1.97. The molecule has 0 fully saturated rings. The lowest BCUT2D eigenvalue weighted by atomic mass is 9.48. The van der Waals surface area contributed by atoms with Crippen molar-refractivity contribution in [3.8, 4) is 0 Å². The number of amides is 1. The van der Waals surface area contributed by atoms with E-state index in [-0.39, 0.29) is 18.4 Å². The number of nitrogens with zero attached hydrogens (tertiary/aromatic N) is 1. The van der Waals surface area contributed by atoms with Crippen LogP contribution in [0.1, 0.15) is 91.4 Å². The Balaban J connectivity index is 4.12. The second-order valence-electron chi connectivity index (χ2n) is 7.84. The summed E-state index contributed by atoms with van der Waals surface area (Å²) in [4.78, 5) is 24.8. The number of guanidine groups is 1. The molecule has 0 aromatic rings. The summed E-state index contributed by atoms with van der Waals surface area (Å²) in [6.07, 6.45) is 11.7. The molecular formula is C20H36B3N3O3. The average molecular weight is 399 g/mol. The van der Waals surface area contributed by atoms with Crippen molar-refractivity contribution in [2.75, 3.05) is 6.54 Å². The highest BCUT2D eigenvalue weighted by molar-refractivity contribution is 6.59. The molecule has 0 unspecified atom stereocenters. The van der Waals surface area contributed by atoms with Crippen LogP contribution in [0.15, 0.2) is 0 Å². The molecule has 0 spiro atoms. The first-order valence-electron chi connectivity index (χ1n) is 10.8. The highest BCUT2D eigenvalue weighted by atomic mass is 16.5. The van der Waals surface area contributed by atoms with E-state index in [9.17, 15) is 9.59 Å². The third-order valence-electron chi connectivity index (χ3n) is 4.41. The molecule has 0 saturated heterocycles. The van der Waals surface area contributed by atoms with Crippen LogP contribution in [-0.4, -0.2) is 64.2 Å². The fourth-order valence-corrected chi connectivity index (χ4v) is 2.87. The van der Waals surface area contributed by atoms with E-state index < -0.39 is 23.7 Å². The van der Waals surface area contributed by atoms with Crippen LogP contribution in [0.25, 0.3) is 0 Å². The van der Waals surface area contributed by atoms with Gasteiger partial charge >= 0.3 is 5.97 Å². The summed E-state index contributed by atoms with van der Waals surface area (Å²) in [6, 6.07) is 0. The number of hydrogen-bond donors (Lipinski definition) is 2. The van der Waals surface area contributed by atoms with E-state index in [1.807, 2.05) is 0 Å². The Bertz CT molecular complexity index is 497. The monoisotopic (exact) mass is 399 g/mol. The maximum absolute atomic E-state index is 12.1. The molecule has 0 bridgehead atoms. The molecule has 0 saturated carbocycles.